The van der Waals surface area contributed by atoms with Gasteiger partial charge in [0.05, 0.1) is 18.1 Å². The lowest BCUT2D eigenvalue weighted by Gasteiger charge is -2.38. The molecule has 170 valence electrons. The van der Waals surface area contributed by atoms with Gasteiger partial charge in [0, 0.05) is 50.5 Å². The Bertz CT molecular complexity index is 957. The van der Waals surface area contributed by atoms with E-state index in [9.17, 15) is 19.7 Å². The number of rotatable bonds is 7. The van der Waals surface area contributed by atoms with Crippen LogP contribution < -0.4 is 15.4 Å². The van der Waals surface area contributed by atoms with E-state index in [0.717, 1.165) is 37.5 Å². The molecule has 2 amide bonds. The Kier molecular flexibility index (Phi) is 7.74. The molecule has 1 aliphatic rings. The minimum absolute atomic E-state index is 0.107. The number of anilines is 1. The SMILES string of the molecule is COc1ccc([C@@H](CNC(=O)C(=O)Nc2cccc([N+](=O)[O-])c2)N2CCN(C)CC2)cc1. The van der Waals surface area contributed by atoms with Gasteiger partial charge in [0.2, 0.25) is 0 Å². The summed E-state index contributed by atoms with van der Waals surface area (Å²) >= 11 is 0. The van der Waals surface area contributed by atoms with Crippen LogP contribution in [-0.2, 0) is 9.59 Å². The van der Waals surface area contributed by atoms with Crippen molar-refractivity contribution in [2.24, 2.45) is 0 Å². The minimum Gasteiger partial charge on any atom is -0.497 e. The maximum absolute atomic E-state index is 12.4. The van der Waals surface area contributed by atoms with Crippen LogP contribution in [0.1, 0.15) is 11.6 Å². The number of likely N-dealkylation sites (N-methyl/N-ethyl adjacent to an activating group) is 1. The van der Waals surface area contributed by atoms with E-state index in [1.54, 1.807) is 7.11 Å². The zero-order valence-corrected chi connectivity index (χ0v) is 18.1. The van der Waals surface area contributed by atoms with Crippen LogP contribution in [-0.4, -0.2) is 73.4 Å². The Balaban J connectivity index is 1.66. The third-order valence-electron chi connectivity index (χ3n) is 5.46. The molecule has 10 nitrogen and oxygen atoms in total. The summed E-state index contributed by atoms with van der Waals surface area (Å²) in [7, 11) is 3.67. The number of amides is 2. The zero-order chi connectivity index (χ0) is 23.1. The summed E-state index contributed by atoms with van der Waals surface area (Å²) < 4.78 is 5.23. The number of hydrogen-bond donors (Lipinski definition) is 2. The first-order valence-corrected chi connectivity index (χ1v) is 10.3. The van der Waals surface area contributed by atoms with Crippen molar-refractivity contribution in [3.8, 4) is 5.75 Å². The maximum Gasteiger partial charge on any atom is 0.313 e. The van der Waals surface area contributed by atoms with Crippen molar-refractivity contribution < 1.29 is 19.2 Å². The highest BCUT2D eigenvalue weighted by Crippen LogP contribution is 2.24. The molecule has 1 saturated heterocycles. The van der Waals surface area contributed by atoms with Crippen molar-refractivity contribution in [1.29, 1.82) is 0 Å². The van der Waals surface area contributed by atoms with Crippen LogP contribution in [0, 0.1) is 10.1 Å². The standard InChI is InChI=1S/C22H27N5O5/c1-25-10-12-26(13-11-25)20(16-6-8-19(32-2)9-7-16)15-23-21(28)22(29)24-17-4-3-5-18(14-17)27(30)31/h3-9,14,20H,10-13,15H2,1-2H3,(H,23,28)(H,24,29)/t20-/m1/s1. The van der Waals surface area contributed by atoms with Crippen LogP contribution in [0.5, 0.6) is 5.75 Å². The van der Waals surface area contributed by atoms with E-state index < -0.39 is 16.7 Å². The summed E-state index contributed by atoms with van der Waals surface area (Å²) in [5, 5.41) is 16.0. The first kappa shape index (κ1) is 23.2. The Hall–Kier alpha value is -3.50. The molecule has 2 aromatic rings. The molecule has 2 N–H and O–H groups in total. The number of nitrogens with zero attached hydrogens (tertiary/aromatic N) is 3. The second-order valence-electron chi connectivity index (χ2n) is 7.60. The minimum atomic E-state index is -0.877. The Morgan fingerprint density at radius 2 is 1.78 bits per heavy atom. The highest BCUT2D eigenvalue weighted by atomic mass is 16.6. The van der Waals surface area contributed by atoms with Crippen molar-refractivity contribution in [3.63, 3.8) is 0 Å². The largest absolute Gasteiger partial charge is 0.497 e. The number of nitro groups is 1. The molecule has 10 heteroatoms. The fourth-order valence-corrected chi connectivity index (χ4v) is 3.57. The third-order valence-corrected chi connectivity index (χ3v) is 5.46. The van der Waals surface area contributed by atoms with E-state index in [2.05, 4.69) is 27.5 Å². The van der Waals surface area contributed by atoms with Crippen molar-refractivity contribution in [1.82, 2.24) is 15.1 Å². The Morgan fingerprint density at radius 3 is 2.41 bits per heavy atom. The Labute approximate surface area is 186 Å². The summed E-state index contributed by atoms with van der Waals surface area (Å²) in [5.74, 6) is -0.937. The van der Waals surface area contributed by atoms with E-state index in [1.807, 2.05) is 24.3 Å². The molecule has 0 unspecified atom stereocenters. The summed E-state index contributed by atoms with van der Waals surface area (Å²) in [4.78, 5) is 39.6. The van der Waals surface area contributed by atoms with Gasteiger partial charge in [-0.05, 0) is 30.8 Å². The van der Waals surface area contributed by atoms with Gasteiger partial charge in [0.1, 0.15) is 5.75 Å². The lowest BCUT2D eigenvalue weighted by atomic mass is 10.0. The molecule has 1 atom stereocenters. The molecule has 0 saturated carbocycles. The second-order valence-corrected chi connectivity index (χ2v) is 7.60. The van der Waals surface area contributed by atoms with E-state index >= 15 is 0 Å². The molecule has 0 aromatic heterocycles. The lowest BCUT2D eigenvalue weighted by Crippen LogP contribution is -2.49. The van der Waals surface area contributed by atoms with Gasteiger partial charge in [-0.15, -0.1) is 0 Å². The number of non-ortho nitro benzene ring substituents is 1. The van der Waals surface area contributed by atoms with Crippen molar-refractivity contribution in [2.45, 2.75) is 6.04 Å². The third kappa shape index (κ3) is 6.02. The molecule has 1 heterocycles. The predicted octanol–water partition coefficient (Wildman–Crippen LogP) is 1.65. The summed E-state index contributed by atoms with van der Waals surface area (Å²) in [6.45, 7) is 3.74. The van der Waals surface area contributed by atoms with Crippen LogP contribution in [0.4, 0.5) is 11.4 Å². The quantitative estimate of drug-likeness (QED) is 0.381. The number of carbonyl (C=O) groups is 2. The van der Waals surface area contributed by atoms with Gasteiger partial charge in [-0.2, -0.15) is 0 Å². The number of nitro benzene ring substituents is 1. The molecule has 2 aromatic carbocycles. The molecule has 0 radical (unpaired) electrons. The molecule has 32 heavy (non-hydrogen) atoms. The average Bonchev–Trinajstić information content (AvgIpc) is 2.80. The van der Waals surface area contributed by atoms with Gasteiger partial charge in [-0.1, -0.05) is 18.2 Å². The van der Waals surface area contributed by atoms with Crippen molar-refractivity contribution >= 4 is 23.2 Å². The molecular weight excluding hydrogens is 414 g/mol. The fourth-order valence-electron chi connectivity index (χ4n) is 3.57. The first-order valence-electron chi connectivity index (χ1n) is 10.3. The summed E-state index contributed by atoms with van der Waals surface area (Å²) in [5.41, 5.74) is 1.03. The average molecular weight is 441 g/mol. The predicted molar refractivity (Wildman–Crippen MR) is 120 cm³/mol. The second kappa shape index (κ2) is 10.7. The van der Waals surface area contributed by atoms with Gasteiger partial charge in [0.15, 0.2) is 0 Å². The van der Waals surface area contributed by atoms with Crippen LogP contribution >= 0.6 is 0 Å². The number of nitrogens with one attached hydrogen (secondary N) is 2. The smallest absolute Gasteiger partial charge is 0.313 e. The van der Waals surface area contributed by atoms with Gasteiger partial charge in [-0.3, -0.25) is 24.6 Å². The topological polar surface area (TPSA) is 117 Å². The number of carbonyl (C=O) groups excluding carboxylic acids is 2. The van der Waals surface area contributed by atoms with E-state index in [-0.39, 0.29) is 24.0 Å². The maximum atomic E-state index is 12.4. The molecule has 0 aliphatic carbocycles. The van der Waals surface area contributed by atoms with Crippen LogP contribution in [0.25, 0.3) is 0 Å². The van der Waals surface area contributed by atoms with E-state index in [0.29, 0.717) is 0 Å². The van der Waals surface area contributed by atoms with Gasteiger partial charge in [0.25, 0.3) is 5.69 Å². The molecule has 1 fully saturated rings. The number of benzene rings is 2. The van der Waals surface area contributed by atoms with Crippen molar-refractivity contribution in [2.75, 3.05) is 52.2 Å². The van der Waals surface area contributed by atoms with Gasteiger partial charge >= 0.3 is 11.8 Å². The van der Waals surface area contributed by atoms with Crippen LogP contribution in [0.2, 0.25) is 0 Å². The van der Waals surface area contributed by atoms with E-state index in [1.165, 1.54) is 24.3 Å². The number of methoxy groups -OCH3 is 1. The van der Waals surface area contributed by atoms with Crippen LogP contribution in [0.3, 0.4) is 0 Å². The fraction of sp³-hybridized carbons (Fsp3) is 0.364. The first-order chi connectivity index (χ1) is 15.4. The molecule has 0 spiro atoms. The van der Waals surface area contributed by atoms with E-state index in [4.69, 9.17) is 4.74 Å². The molecule has 0 bridgehead atoms. The highest BCUT2D eigenvalue weighted by Gasteiger charge is 2.25. The lowest BCUT2D eigenvalue weighted by molar-refractivity contribution is -0.384. The molecule has 1 aliphatic heterocycles. The molecular formula is C22H27N5O5. The number of hydrogen-bond acceptors (Lipinski definition) is 7. The number of piperazine rings is 1. The number of ether oxygens (including phenoxy) is 1. The zero-order valence-electron chi connectivity index (χ0n) is 18.1. The van der Waals surface area contributed by atoms with Gasteiger partial charge in [-0.25, -0.2) is 0 Å². The Morgan fingerprint density at radius 1 is 1.09 bits per heavy atom. The highest BCUT2D eigenvalue weighted by molar-refractivity contribution is 6.39. The summed E-state index contributed by atoms with van der Waals surface area (Å²) in [6.07, 6.45) is 0. The van der Waals surface area contributed by atoms with Gasteiger partial charge < -0.3 is 20.3 Å². The summed E-state index contributed by atoms with van der Waals surface area (Å²) in [6, 6.07) is 13.0. The molecule has 3 rings (SSSR count). The van der Waals surface area contributed by atoms with Crippen LogP contribution in [0.15, 0.2) is 48.5 Å². The monoisotopic (exact) mass is 441 g/mol. The van der Waals surface area contributed by atoms with Crippen molar-refractivity contribution in [3.05, 3.63) is 64.2 Å². The normalized spacial score (nSPS) is 15.6.